The second-order valence-corrected chi connectivity index (χ2v) is 5.12. The first-order chi connectivity index (χ1) is 9.33. The highest BCUT2D eigenvalue weighted by Gasteiger charge is 2.14. The molecule has 1 aliphatic rings. The van der Waals surface area contributed by atoms with Gasteiger partial charge in [-0.1, -0.05) is 19.3 Å². The highest BCUT2D eigenvalue weighted by atomic mass is 15.2. The molecule has 100 valence electrons. The molecule has 0 spiro atoms. The summed E-state index contributed by atoms with van der Waals surface area (Å²) in [6, 6.07) is 6.59. The Morgan fingerprint density at radius 2 is 1.84 bits per heavy atom. The fraction of sp³-hybridized carbons (Fsp3) is 0.429. The van der Waals surface area contributed by atoms with Gasteiger partial charge in [-0.3, -0.25) is 4.57 Å². The number of hydrogen-bond acceptors (Lipinski definition) is 4. The van der Waals surface area contributed by atoms with E-state index in [0.29, 0.717) is 6.04 Å². The van der Waals surface area contributed by atoms with Crippen molar-refractivity contribution in [1.82, 2.24) is 14.8 Å². The number of hydrogen-bond donors (Lipinski definition) is 2. The van der Waals surface area contributed by atoms with Crippen LogP contribution in [0.1, 0.15) is 32.1 Å². The zero-order valence-electron chi connectivity index (χ0n) is 10.9. The van der Waals surface area contributed by atoms with Crippen molar-refractivity contribution in [3.8, 4) is 5.69 Å². The minimum absolute atomic E-state index is 0.566. The summed E-state index contributed by atoms with van der Waals surface area (Å²) in [5, 5.41) is 11.2. The van der Waals surface area contributed by atoms with Crippen LogP contribution in [-0.4, -0.2) is 20.8 Å². The van der Waals surface area contributed by atoms with Gasteiger partial charge in [-0.2, -0.15) is 0 Å². The van der Waals surface area contributed by atoms with Crippen LogP contribution in [-0.2, 0) is 0 Å². The van der Waals surface area contributed by atoms with Crippen LogP contribution >= 0.6 is 0 Å². The summed E-state index contributed by atoms with van der Waals surface area (Å²) in [5.74, 6) is 0. The number of rotatable bonds is 3. The molecule has 1 heterocycles. The Kier molecular flexibility index (Phi) is 3.35. The molecular weight excluding hydrogens is 238 g/mol. The lowest BCUT2D eigenvalue weighted by atomic mass is 9.95. The zero-order chi connectivity index (χ0) is 13.1. The van der Waals surface area contributed by atoms with Gasteiger partial charge in [-0.15, -0.1) is 10.2 Å². The molecule has 0 radical (unpaired) electrons. The number of nitrogens with two attached hydrogens (primary N) is 1. The number of aromatic nitrogens is 3. The van der Waals surface area contributed by atoms with Crippen molar-refractivity contribution in [1.29, 1.82) is 0 Å². The molecule has 3 rings (SSSR count). The van der Waals surface area contributed by atoms with Crippen molar-refractivity contribution >= 4 is 11.4 Å². The van der Waals surface area contributed by atoms with E-state index in [0.717, 1.165) is 17.1 Å². The highest BCUT2D eigenvalue weighted by molar-refractivity contribution is 5.69. The number of benzene rings is 1. The molecule has 0 atom stereocenters. The summed E-state index contributed by atoms with van der Waals surface area (Å²) in [4.78, 5) is 0. The minimum atomic E-state index is 0.566. The molecule has 0 unspecified atom stereocenters. The minimum Gasteiger partial charge on any atom is -0.397 e. The molecule has 0 saturated heterocycles. The highest BCUT2D eigenvalue weighted by Crippen LogP contribution is 2.26. The Hall–Kier alpha value is -2.04. The van der Waals surface area contributed by atoms with E-state index in [2.05, 4.69) is 15.5 Å². The molecule has 0 amide bonds. The topological polar surface area (TPSA) is 68.8 Å². The lowest BCUT2D eigenvalue weighted by Crippen LogP contribution is -2.22. The molecule has 19 heavy (non-hydrogen) atoms. The van der Waals surface area contributed by atoms with Crippen LogP contribution in [0.2, 0.25) is 0 Å². The Morgan fingerprint density at radius 3 is 2.53 bits per heavy atom. The molecule has 0 bridgehead atoms. The monoisotopic (exact) mass is 257 g/mol. The standard InChI is InChI=1S/C14H19N5/c15-13-8-12(19-9-16-17-10-19)6-7-14(13)18-11-4-2-1-3-5-11/h6-11,18H,1-5,15H2. The molecule has 1 aromatic heterocycles. The van der Waals surface area contributed by atoms with Crippen molar-refractivity contribution in [2.24, 2.45) is 0 Å². The van der Waals surface area contributed by atoms with E-state index in [4.69, 9.17) is 5.73 Å². The Morgan fingerprint density at radius 1 is 1.11 bits per heavy atom. The lowest BCUT2D eigenvalue weighted by molar-refractivity contribution is 0.463. The van der Waals surface area contributed by atoms with E-state index in [9.17, 15) is 0 Å². The van der Waals surface area contributed by atoms with Crippen LogP contribution in [0.3, 0.4) is 0 Å². The van der Waals surface area contributed by atoms with E-state index < -0.39 is 0 Å². The maximum atomic E-state index is 6.13. The van der Waals surface area contributed by atoms with Gasteiger partial charge >= 0.3 is 0 Å². The molecule has 3 N–H and O–H groups in total. The van der Waals surface area contributed by atoms with Crippen LogP contribution in [0.15, 0.2) is 30.9 Å². The van der Waals surface area contributed by atoms with Gasteiger partial charge in [-0.25, -0.2) is 0 Å². The van der Waals surface area contributed by atoms with Crippen molar-refractivity contribution in [2.45, 2.75) is 38.1 Å². The summed E-state index contributed by atoms with van der Waals surface area (Å²) >= 11 is 0. The van der Waals surface area contributed by atoms with Gasteiger partial charge in [-0.05, 0) is 31.0 Å². The summed E-state index contributed by atoms with van der Waals surface area (Å²) < 4.78 is 1.85. The van der Waals surface area contributed by atoms with E-state index in [1.807, 2.05) is 22.8 Å². The molecule has 0 aliphatic heterocycles. The van der Waals surface area contributed by atoms with Gasteiger partial charge in [0.25, 0.3) is 0 Å². The Labute approximate surface area is 112 Å². The van der Waals surface area contributed by atoms with Crippen molar-refractivity contribution in [3.63, 3.8) is 0 Å². The summed E-state index contributed by atoms with van der Waals surface area (Å²) in [7, 11) is 0. The van der Waals surface area contributed by atoms with E-state index in [1.54, 1.807) is 12.7 Å². The molecule has 2 aromatic rings. The van der Waals surface area contributed by atoms with Crippen LogP contribution in [0, 0.1) is 0 Å². The van der Waals surface area contributed by atoms with Gasteiger partial charge < -0.3 is 11.1 Å². The predicted octanol–water partition coefficient (Wildman–Crippen LogP) is 2.59. The van der Waals surface area contributed by atoms with Crippen LogP contribution in [0.4, 0.5) is 11.4 Å². The number of nitrogens with zero attached hydrogens (tertiary/aromatic N) is 3. The molecule has 5 nitrogen and oxygen atoms in total. The summed E-state index contributed by atoms with van der Waals surface area (Å²) in [6.07, 6.45) is 9.82. The van der Waals surface area contributed by atoms with E-state index in [-0.39, 0.29) is 0 Å². The van der Waals surface area contributed by atoms with Gasteiger partial charge in [0.1, 0.15) is 12.7 Å². The molecule has 1 aromatic carbocycles. The van der Waals surface area contributed by atoms with Gasteiger partial charge in [0, 0.05) is 6.04 Å². The molecule has 1 fully saturated rings. The number of nitrogens with one attached hydrogen (secondary N) is 1. The maximum absolute atomic E-state index is 6.13. The quantitative estimate of drug-likeness (QED) is 0.829. The molecule has 1 saturated carbocycles. The molecule has 1 aliphatic carbocycles. The van der Waals surface area contributed by atoms with Crippen molar-refractivity contribution in [2.75, 3.05) is 11.1 Å². The van der Waals surface area contributed by atoms with Gasteiger partial charge in [0.2, 0.25) is 0 Å². The van der Waals surface area contributed by atoms with Crippen molar-refractivity contribution < 1.29 is 0 Å². The second-order valence-electron chi connectivity index (χ2n) is 5.12. The van der Waals surface area contributed by atoms with Crippen LogP contribution in [0.5, 0.6) is 0 Å². The maximum Gasteiger partial charge on any atom is 0.123 e. The Bertz CT molecular complexity index is 529. The fourth-order valence-corrected chi connectivity index (χ4v) is 2.64. The number of anilines is 2. The van der Waals surface area contributed by atoms with Crippen molar-refractivity contribution in [3.05, 3.63) is 30.9 Å². The normalized spacial score (nSPS) is 16.4. The van der Waals surface area contributed by atoms with E-state index in [1.165, 1.54) is 32.1 Å². The third kappa shape index (κ3) is 2.70. The number of nitrogen functional groups attached to an aromatic ring is 1. The van der Waals surface area contributed by atoms with E-state index >= 15 is 0 Å². The fourth-order valence-electron chi connectivity index (χ4n) is 2.64. The third-order valence-electron chi connectivity index (χ3n) is 3.72. The first-order valence-electron chi connectivity index (χ1n) is 6.84. The molecular formula is C14H19N5. The largest absolute Gasteiger partial charge is 0.397 e. The molecule has 5 heteroatoms. The van der Waals surface area contributed by atoms with Gasteiger partial charge in [0.15, 0.2) is 0 Å². The third-order valence-corrected chi connectivity index (χ3v) is 3.72. The van der Waals surface area contributed by atoms with Crippen LogP contribution in [0.25, 0.3) is 5.69 Å². The summed E-state index contributed by atoms with van der Waals surface area (Å²) in [5.41, 5.74) is 8.92. The van der Waals surface area contributed by atoms with Crippen LogP contribution < -0.4 is 11.1 Å². The SMILES string of the molecule is Nc1cc(-n2cnnc2)ccc1NC1CCCCC1. The zero-order valence-corrected chi connectivity index (χ0v) is 10.9. The first-order valence-corrected chi connectivity index (χ1v) is 6.84. The average molecular weight is 257 g/mol. The smallest absolute Gasteiger partial charge is 0.123 e. The second kappa shape index (κ2) is 5.30. The average Bonchev–Trinajstić information content (AvgIpc) is 2.96. The predicted molar refractivity (Wildman–Crippen MR) is 76.3 cm³/mol. The van der Waals surface area contributed by atoms with Gasteiger partial charge in [0.05, 0.1) is 17.1 Å². The lowest BCUT2D eigenvalue weighted by Gasteiger charge is -2.24. The Balaban J connectivity index is 1.76. The first kappa shape index (κ1) is 12.0. The summed E-state index contributed by atoms with van der Waals surface area (Å²) in [6.45, 7) is 0.